The van der Waals surface area contributed by atoms with E-state index in [1.165, 1.54) is 11.8 Å². The number of esters is 2. The Bertz CT molecular complexity index is 340. The van der Waals surface area contributed by atoms with Crippen LogP contribution in [0.1, 0.15) is 20.8 Å². The molecule has 17 heavy (non-hydrogen) atoms. The SMILES string of the molecule is CCOC(=O)C1=C(C)N[C@@H](C(=O)OCC)CS1. The number of hydrogen-bond acceptors (Lipinski definition) is 6. The largest absolute Gasteiger partial charge is 0.464 e. The number of thioether (sulfide) groups is 1. The van der Waals surface area contributed by atoms with Crippen LogP contribution in [0.3, 0.4) is 0 Å². The second-order valence-electron chi connectivity index (χ2n) is 3.43. The summed E-state index contributed by atoms with van der Waals surface area (Å²) in [5.74, 6) is -0.156. The molecule has 1 aliphatic rings. The van der Waals surface area contributed by atoms with Gasteiger partial charge in [0.1, 0.15) is 10.9 Å². The number of ether oxygens (including phenoxy) is 2. The van der Waals surface area contributed by atoms with E-state index in [1.807, 2.05) is 0 Å². The standard InChI is InChI=1S/C11H17NO4S/c1-4-15-10(13)8-6-17-9(7(3)12-8)11(14)16-5-2/h8,12H,4-6H2,1-3H3/t8-/m1/s1. The lowest BCUT2D eigenvalue weighted by molar-refractivity contribution is -0.145. The Hall–Kier alpha value is -1.17. The fourth-order valence-electron chi connectivity index (χ4n) is 1.42. The van der Waals surface area contributed by atoms with Gasteiger partial charge in [0.05, 0.1) is 13.2 Å². The number of carbonyl (C=O) groups excluding carboxylic acids is 2. The molecule has 1 N–H and O–H groups in total. The van der Waals surface area contributed by atoms with Crippen LogP contribution in [-0.4, -0.2) is 36.9 Å². The van der Waals surface area contributed by atoms with Gasteiger partial charge in [-0.25, -0.2) is 9.59 Å². The molecule has 0 aromatic heterocycles. The minimum atomic E-state index is -0.391. The van der Waals surface area contributed by atoms with Crippen molar-refractivity contribution in [2.24, 2.45) is 0 Å². The number of carbonyl (C=O) groups is 2. The van der Waals surface area contributed by atoms with Crippen molar-refractivity contribution in [2.45, 2.75) is 26.8 Å². The second kappa shape index (κ2) is 6.54. The van der Waals surface area contributed by atoms with Crippen molar-refractivity contribution in [3.8, 4) is 0 Å². The quantitative estimate of drug-likeness (QED) is 0.761. The molecule has 1 aliphatic heterocycles. The van der Waals surface area contributed by atoms with E-state index in [1.54, 1.807) is 20.8 Å². The summed E-state index contributed by atoms with van der Waals surface area (Å²) in [7, 11) is 0. The Labute approximate surface area is 105 Å². The van der Waals surface area contributed by atoms with Crippen molar-refractivity contribution in [2.75, 3.05) is 19.0 Å². The summed E-state index contributed by atoms with van der Waals surface area (Å²) in [5, 5.41) is 2.97. The Morgan fingerprint density at radius 1 is 1.35 bits per heavy atom. The van der Waals surface area contributed by atoms with Gasteiger partial charge in [-0.3, -0.25) is 0 Å². The van der Waals surface area contributed by atoms with Crippen molar-refractivity contribution in [1.82, 2.24) is 5.32 Å². The molecule has 0 amide bonds. The molecule has 0 fully saturated rings. The van der Waals surface area contributed by atoms with Gasteiger partial charge in [0.2, 0.25) is 0 Å². The first-order chi connectivity index (χ1) is 8.10. The second-order valence-corrected chi connectivity index (χ2v) is 4.46. The van der Waals surface area contributed by atoms with Gasteiger partial charge in [0.25, 0.3) is 0 Å². The summed E-state index contributed by atoms with van der Waals surface area (Å²) >= 11 is 1.32. The summed E-state index contributed by atoms with van der Waals surface area (Å²) in [4.78, 5) is 23.6. The van der Waals surface area contributed by atoms with E-state index in [0.717, 1.165) is 0 Å². The molecule has 0 bridgehead atoms. The molecule has 0 aliphatic carbocycles. The highest BCUT2D eigenvalue weighted by atomic mass is 32.2. The molecule has 6 heteroatoms. The Kier molecular flexibility index (Phi) is 5.34. The molecule has 1 atom stereocenters. The van der Waals surface area contributed by atoms with Gasteiger partial charge in [-0.1, -0.05) is 0 Å². The third kappa shape index (κ3) is 3.66. The van der Waals surface area contributed by atoms with E-state index in [0.29, 0.717) is 29.6 Å². The number of nitrogens with one attached hydrogen (secondary N) is 1. The molecular formula is C11H17NO4S. The average Bonchev–Trinajstić information content (AvgIpc) is 2.29. The topological polar surface area (TPSA) is 64.6 Å². The molecule has 0 radical (unpaired) electrons. The molecule has 0 unspecified atom stereocenters. The molecule has 1 rings (SSSR count). The van der Waals surface area contributed by atoms with E-state index in [4.69, 9.17) is 9.47 Å². The summed E-state index contributed by atoms with van der Waals surface area (Å²) < 4.78 is 9.84. The highest BCUT2D eigenvalue weighted by Gasteiger charge is 2.28. The minimum absolute atomic E-state index is 0.290. The molecule has 0 saturated heterocycles. The zero-order valence-electron chi connectivity index (χ0n) is 10.2. The summed E-state index contributed by atoms with van der Waals surface area (Å²) in [5.41, 5.74) is 0.665. The molecule has 5 nitrogen and oxygen atoms in total. The highest BCUT2D eigenvalue weighted by Crippen LogP contribution is 2.26. The van der Waals surface area contributed by atoms with Crippen LogP contribution in [0, 0.1) is 0 Å². The Balaban J connectivity index is 2.65. The van der Waals surface area contributed by atoms with Gasteiger partial charge >= 0.3 is 11.9 Å². The number of rotatable bonds is 4. The zero-order valence-corrected chi connectivity index (χ0v) is 11.1. The van der Waals surface area contributed by atoms with E-state index < -0.39 is 6.04 Å². The third-order valence-electron chi connectivity index (χ3n) is 2.16. The van der Waals surface area contributed by atoms with E-state index in [9.17, 15) is 9.59 Å². The maximum Gasteiger partial charge on any atom is 0.346 e. The first kappa shape index (κ1) is 13.9. The fraction of sp³-hybridized carbons (Fsp3) is 0.636. The van der Waals surface area contributed by atoms with Gasteiger partial charge < -0.3 is 14.8 Å². The lowest BCUT2D eigenvalue weighted by Crippen LogP contribution is -2.42. The van der Waals surface area contributed by atoms with Crippen molar-refractivity contribution in [1.29, 1.82) is 0 Å². The van der Waals surface area contributed by atoms with Crippen LogP contribution < -0.4 is 5.32 Å². The van der Waals surface area contributed by atoms with Crippen LogP contribution in [0.4, 0.5) is 0 Å². The molecule has 96 valence electrons. The van der Waals surface area contributed by atoms with E-state index >= 15 is 0 Å². The third-order valence-corrected chi connectivity index (χ3v) is 3.42. The first-order valence-corrected chi connectivity index (χ1v) is 6.52. The molecule has 1 heterocycles. The van der Waals surface area contributed by atoms with E-state index in [-0.39, 0.29) is 11.9 Å². The minimum Gasteiger partial charge on any atom is -0.464 e. The Morgan fingerprint density at radius 2 is 2.00 bits per heavy atom. The van der Waals surface area contributed by atoms with Crippen LogP contribution in [0.5, 0.6) is 0 Å². The predicted molar refractivity (Wildman–Crippen MR) is 65.3 cm³/mol. The normalized spacial score (nSPS) is 19.6. The number of allylic oxidation sites excluding steroid dienone is 1. The maximum absolute atomic E-state index is 11.6. The summed E-state index contributed by atoms with van der Waals surface area (Å²) in [6.45, 7) is 5.98. The maximum atomic E-state index is 11.6. The molecule has 0 spiro atoms. The predicted octanol–water partition coefficient (Wildman–Crippen LogP) is 1.05. The zero-order chi connectivity index (χ0) is 12.8. The first-order valence-electron chi connectivity index (χ1n) is 5.54. The monoisotopic (exact) mass is 259 g/mol. The van der Waals surface area contributed by atoms with Crippen molar-refractivity contribution >= 4 is 23.7 Å². The Morgan fingerprint density at radius 3 is 2.53 bits per heavy atom. The van der Waals surface area contributed by atoms with E-state index in [2.05, 4.69) is 5.32 Å². The van der Waals surface area contributed by atoms with Gasteiger partial charge in [0, 0.05) is 11.4 Å². The van der Waals surface area contributed by atoms with Crippen LogP contribution in [0.15, 0.2) is 10.6 Å². The summed E-state index contributed by atoms with van der Waals surface area (Å²) in [6.07, 6.45) is 0. The smallest absolute Gasteiger partial charge is 0.346 e. The lowest BCUT2D eigenvalue weighted by Gasteiger charge is -2.24. The van der Waals surface area contributed by atoms with Gasteiger partial charge in [-0.2, -0.15) is 0 Å². The van der Waals surface area contributed by atoms with Crippen molar-refractivity contribution in [3.05, 3.63) is 10.6 Å². The molecule has 0 saturated carbocycles. The van der Waals surface area contributed by atoms with Gasteiger partial charge in [-0.15, -0.1) is 11.8 Å². The van der Waals surface area contributed by atoms with Crippen LogP contribution in [0.25, 0.3) is 0 Å². The molecular weight excluding hydrogens is 242 g/mol. The van der Waals surface area contributed by atoms with Crippen molar-refractivity contribution in [3.63, 3.8) is 0 Å². The van der Waals surface area contributed by atoms with Crippen molar-refractivity contribution < 1.29 is 19.1 Å². The molecule has 0 aromatic rings. The fourth-order valence-corrected chi connectivity index (χ4v) is 2.43. The van der Waals surface area contributed by atoms with Gasteiger partial charge in [0.15, 0.2) is 0 Å². The summed E-state index contributed by atoms with van der Waals surface area (Å²) in [6, 6.07) is -0.391. The van der Waals surface area contributed by atoms with Gasteiger partial charge in [-0.05, 0) is 20.8 Å². The van der Waals surface area contributed by atoms with Crippen LogP contribution in [0.2, 0.25) is 0 Å². The highest BCUT2D eigenvalue weighted by molar-refractivity contribution is 8.04. The molecule has 0 aromatic carbocycles. The average molecular weight is 259 g/mol. The van der Waals surface area contributed by atoms with Crippen LogP contribution >= 0.6 is 11.8 Å². The number of hydrogen-bond donors (Lipinski definition) is 1. The van der Waals surface area contributed by atoms with Crippen LogP contribution in [-0.2, 0) is 19.1 Å². The lowest BCUT2D eigenvalue weighted by atomic mass is 10.3.